The first kappa shape index (κ1) is 22.6. The molecule has 0 fully saturated rings. The van der Waals surface area contributed by atoms with Crippen molar-refractivity contribution in [2.75, 3.05) is 6.54 Å². The molecule has 7 nitrogen and oxygen atoms in total. The molecule has 0 radical (unpaired) electrons. The van der Waals surface area contributed by atoms with Crippen LogP contribution in [0.25, 0.3) is 0 Å². The van der Waals surface area contributed by atoms with E-state index in [0.29, 0.717) is 12.2 Å². The molecule has 0 spiro atoms. The van der Waals surface area contributed by atoms with E-state index in [1.54, 1.807) is 0 Å². The second-order valence-electron chi connectivity index (χ2n) is 6.12. The minimum Gasteiger partial charge on any atom is -0.478 e. The molecule has 0 aliphatic heterocycles. The van der Waals surface area contributed by atoms with Crippen molar-refractivity contribution in [3.8, 4) is 0 Å². The van der Waals surface area contributed by atoms with Crippen molar-refractivity contribution in [1.82, 2.24) is 5.32 Å². The van der Waals surface area contributed by atoms with Crippen molar-refractivity contribution in [1.29, 1.82) is 0 Å². The molecule has 0 aliphatic carbocycles. The van der Waals surface area contributed by atoms with Gasteiger partial charge in [-0.2, -0.15) is 0 Å². The highest BCUT2D eigenvalue weighted by molar-refractivity contribution is 5.89. The number of benzene rings is 2. The third-order valence-electron chi connectivity index (χ3n) is 3.78. The van der Waals surface area contributed by atoms with Crippen molar-refractivity contribution in [2.24, 2.45) is 5.73 Å². The zero-order chi connectivity index (χ0) is 21.0. The minimum absolute atomic E-state index is 0.00276. The van der Waals surface area contributed by atoms with Crippen molar-refractivity contribution in [3.63, 3.8) is 0 Å². The van der Waals surface area contributed by atoms with Gasteiger partial charge in [0.15, 0.2) is 0 Å². The molecule has 0 aromatic heterocycles. The fourth-order valence-electron chi connectivity index (χ4n) is 2.53. The van der Waals surface area contributed by atoms with Crippen LogP contribution in [0.2, 0.25) is 0 Å². The first-order valence-corrected chi connectivity index (χ1v) is 8.51. The fraction of sp³-hybridized carbons (Fsp3) is 0.190. The molecule has 2 rings (SSSR count). The summed E-state index contributed by atoms with van der Waals surface area (Å²) < 4.78 is 0. The molecule has 2 aromatic rings. The molecule has 1 atom stereocenters. The second kappa shape index (κ2) is 11.3. The van der Waals surface area contributed by atoms with E-state index in [-0.39, 0.29) is 12.5 Å². The van der Waals surface area contributed by atoms with Crippen LogP contribution in [0.5, 0.6) is 0 Å². The predicted octanol–water partition coefficient (Wildman–Crippen LogP) is 1.93. The monoisotopic (exact) mass is 384 g/mol. The fourth-order valence-corrected chi connectivity index (χ4v) is 2.53. The Bertz CT molecular complexity index is 790. The van der Waals surface area contributed by atoms with Gasteiger partial charge in [0, 0.05) is 12.2 Å². The van der Waals surface area contributed by atoms with Crippen LogP contribution < -0.4 is 11.1 Å². The molecule has 0 aliphatic rings. The van der Waals surface area contributed by atoms with Gasteiger partial charge < -0.3 is 21.3 Å². The molecule has 148 valence electrons. The Morgan fingerprint density at radius 3 is 1.82 bits per heavy atom. The first-order chi connectivity index (χ1) is 13.3. The van der Waals surface area contributed by atoms with E-state index in [1.165, 1.54) is 5.56 Å². The molecule has 0 bridgehead atoms. The topological polar surface area (TPSA) is 130 Å². The van der Waals surface area contributed by atoms with Crippen LogP contribution in [0.3, 0.4) is 0 Å². The summed E-state index contributed by atoms with van der Waals surface area (Å²) in [5.74, 6) is -2.66. The lowest BCUT2D eigenvalue weighted by atomic mass is 9.85. The van der Waals surface area contributed by atoms with Gasteiger partial charge in [-0.05, 0) is 24.5 Å². The Morgan fingerprint density at radius 1 is 0.929 bits per heavy atom. The van der Waals surface area contributed by atoms with E-state index in [9.17, 15) is 14.4 Å². The van der Waals surface area contributed by atoms with Crippen molar-refractivity contribution < 1.29 is 24.6 Å². The lowest BCUT2D eigenvalue weighted by Gasteiger charge is -2.31. The maximum Gasteiger partial charge on any atom is 0.328 e. The summed E-state index contributed by atoms with van der Waals surface area (Å²) in [5, 5.41) is 18.7. The molecule has 5 N–H and O–H groups in total. The number of hydrogen-bond acceptors (Lipinski definition) is 4. The van der Waals surface area contributed by atoms with Gasteiger partial charge in [0.1, 0.15) is 0 Å². The van der Waals surface area contributed by atoms with Gasteiger partial charge in [-0.25, -0.2) is 9.59 Å². The van der Waals surface area contributed by atoms with E-state index in [1.807, 2.05) is 55.5 Å². The van der Waals surface area contributed by atoms with E-state index in [4.69, 9.17) is 15.9 Å². The number of carboxylic acids is 2. The predicted molar refractivity (Wildman–Crippen MR) is 106 cm³/mol. The summed E-state index contributed by atoms with van der Waals surface area (Å²) >= 11 is 0. The zero-order valence-corrected chi connectivity index (χ0v) is 15.5. The first-order valence-electron chi connectivity index (χ1n) is 8.51. The van der Waals surface area contributed by atoms with E-state index in [0.717, 1.165) is 12.0 Å². The number of aliphatic carboxylic acids is 2. The van der Waals surface area contributed by atoms with Gasteiger partial charge >= 0.3 is 11.9 Å². The van der Waals surface area contributed by atoms with Gasteiger partial charge in [0.25, 0.3) is 0 Å². The maximum absolute atomic E-state index is 11.8. The lowest BCUT2D eigenvalue weighted by Crippen LogP contribution is -2.47. The third-order valence-corrected chi connectivity index (χ3v) is 3.78. The largest absolute Gasteiger partial charge is 0.478 e. The summed E-state index contributed by atoms with van der Waals surface area (Å²) in [4.78, 5) is 30.9. The molecule has 2 aromatic carbocycles. The average molecular weight is 384 g/mol. The van der Waals surface area contributed by atoms with Crippen LogP contribution >= 0.6 is 0 Å². The SMILES string of the molecule is CC(Cc1ccccc1)(NC(=O)CN)c1ccccc1.O=C(O)C=CC(=O)O. The van der Waals surface area contributed by atoms with E-state index in [2.05, 4.69) is 17.4 Å². The highest BCUT2D eigenvalue weighted by Crippen LogP contribution is 2.25. The number of nitrogens with two attached hydrogens (primary N) is 1. The average Bonchev–Trinajstić information content (AvgIpc) is 2.68. The Hall–Kier alpha value is -3.45. The van der Waals surface area contributed by atoms with Crippen molar-refractivity contribution in [2.45, 2.75) is 18.9 Å². The Balaban J connectivity index is 0.000000416. The van der Waals surface area contributed by atoms with Crippen molar-refractivity contribution >= 4 is 17.8 Å². The van der Waals surface area contributed by atoms with Gasteiger partial charge in [-0.15, -0.1) is 0 Å². The molecule has 1 amide bonds. The Labute approximate surface area is 163 Å². The van der Waals surface area contributed by atoms with Crippen LogP contribution in [-0.2, 0) is 26.3 Å². The van der Waals surface area contributed by atoms with Crippen LogP contribution in [0.15, 0.2) is 72.8 Å². The standard InChI is InChI=1S/C17H20N2O.C4H4O4/c1-17(19-16(20)13-18,15-10-6-3-7-11-15)12-14-8-4-2-5-9-14;5-3(6)1-2-4(7)8/h2-11H,12-13,18H2,1H3,(H,19,20);1-2H,(H,5,6)(H,7,8). The van der Waals surface area contributed by atoms with Gasteiger partial charge in [-0.3, -0.25) is 4.79 Å². The summed E-state index contributed by atoms with van der Waals surface area (Å²) in [7, 11) is 0. The number of carboxylic acid groups (broad SMARTS) is 2. The zero-order valence-electron chi connectivity index (χ0n) is 15.5. The smallest absolute Gasteiger partial charge is 0.328 e. The van der Waals surface area contributed by atoms with Crippen molar-refractivity contribution in [3.05, 3.63) is 83.9 Å². The number of nitrogens with one attached hydrogen (secondary N) is 1. The lowest BCUT2D eigenvalue weighted by molar-refractivity contribution is -0.134. The summed E-state index contributed by atoms with van der Waals surface area (Å²) in [6.45, 7) is 2.03. The quantitative estimate of drug-likeness (QED) is 0.540. The number of hydrogen-bond donors (Lipinski definition) is 4. The number of carbonyl (C=O) groups is 3. The van der Waals surface area contributed by atoms with Crippen LogP contribution in [0, 0.1) is 0 Å². The van der Waals surface area contributed by atoms with E-state index < -0.39 is 17.5 Å². The Morgan fingerprint density at radius 2 is 1.39 bits per heavy atom. The maximum atomic E-state index is 11.8. The highest BCUT2D eigenvalue weighted by Gasteiger charge is 2.28. The van der Waals surface area contributed by atoms with Gasteiger partial charge in [0.05, 0.1) is 12.1 Å². The molecular formula is C21H24N2O5. The Kier molecular flexibility index (Phi) is 9.12. The molecule has 0 saturated heterocycles. The third kappa shape index (κ3) is 8.29. The van der Waals surface area contributed by atoms with Gasteiger partial charge in [0.2, 0.25) is 5.91 Å². The highest BCUT2D eigenvalue weighted by atomic mass is 16.4. The van der Waals surface area contributed by atoms with Crippen LogP contribution in [0.4, 0.5) is 0 Å². The summed E-state index contributed by atoms with van der Waals surface area (Å²) in [6.07, 6.45) is 1.84. The summed E-state index contributed by atoms with van der Waals surface area (Å²) in [5.41, 5.74) is 7.23. The molecule has 28 heavy (non-hydrogen) atoms. The number of rotatable bonds is 7. The molecule has 7 heteroatoms. The molecular weight excluding hydrogens is 360 g/mol. The van der Waals surface area contributed by atoms with Crippen LogP contribution in [0.1, 0.15) is 18.1 Å². The number of amides is 1. The van der Waals surface area contributed by atoms with Gasteiger partial charge in [-0.1, -0.05) is 60.7 Å². The molecule has 1 unspecified atom stereocenters. The van der Waals surface area contributed by atoms with E-state index >= 15 is 0 Å². The normalized spacial score (nSPS) is 12.4. The minimum atomic E-state index is -1.26. The second-order valence-corrected chi connectivity index (χ2v) is 6.12. The molecule has 0 saturated carbocycles. The number of carbonyl (C=O) groups excluding carboxylic acids is 1. The summed E-state index contributed by atoms with van der Waals surface area (Å²) in [6, 6.07) is 20.1. The molecule has 0 heterocycles. The van der Waals surface area contributed by atoms with Crippen LogP contribution in [-0.4, -0.2) is 34.6 Å².